The van der Waals surface area contributed by atoms with Gasteiger partial charge in [0.25, 0.3) is 5.91 Å². The molecule has 1 aromatic carbocycles. The van der Waals surface area contributed by atoms with Crippen molar-refractivity contribution in [2.75, 3.05) is 47.1 Å². The second-order valence-corrected chi connectivity index (χ2v) is 8.86. The highest BCUT2D eigenvalue weighted by Crippen LogP contribution is 2.34. The molecule has 0 bridgehead atoms. The number of carbonyl (C=O) groups excluding carboxylic acids is 2. The molecule has 0 spiro atoms. The van der Waals surface area contributed by atoms with Crippen LogP contribution in [0.25, 0.3) is 0 Å². The maximum Gasteiger partial charge on any atom is 0.338 e. The van der Waals surface area contributed by atoms with Gasteiger partial charge in [0.1, 0.15) is 6.61 Å². The summed E-state index contributed by atoms with van der Waals surface area (Å²) in [7, 11) is 3.05. The van der Waals surface area contributed by atoms with Crippen LogP contribution >= 0.6 is 12.2 Å². The van der Waals surface area contributed by atoms with Crippen molar-refractivity contribution >= 4 is 29.2 Å². The number of morpholine rings is 1. The molecule has 1 fully saturated rings. The maximum absolute atomic E-state index is 12.8. The number of carbonyl (C=O) groups is 2. The van der Waals surface area contributed by atoms with Gasteiger partial charge in [-0.15, -0.1) is 0 Å². The van der Waals surface area contributed by atoms with Crippen molar-refractivity contribution in [2.24, 2.45) is 0 Å². The highest BCUT2D eigenvalue weighted by molar-refractivity contribution is 7.80. The van der Waals surface area contributed by atoms with Gasteiger partial charge in [-0.25, -0.2) is 4.79 Å². The summed E-state index contributed by atoms with van der Waals surface area (Å²) in [6.45, 7) is 7.00. The van der Waals surface area contributed by atoms with Gasteiger partial charge in [-0.2, -0.15) is 0 Å². The van der Waals surface area contributed by atoms with E-state index < -0.39 is 12.0 Å². The molecule has 0 aromatic heterocycles. The minimum Gasteiger partial charge on any atom is -0.493 e. The molecule has 0 unspecified atom stereocenters. The molecule has 0 aliphatic carbocycles. The van der Waals surface area contributed by atoms with Crippen molar-refractivity contribution in [3.63, 3.8) is 0 Å². The van der Waals surface area contributed by atoms with Crippen LogP contribution in [0.1, 0.15) is 32.4 Å². The van der Waals surface area contributed by atoms with Crippen LogP contribution in [-0.4, -0.2) is 81.2 Å². The first-order valence-electron chi connectivity index (χ1n) is 11.4. The number of hydrogen-bond donors (Lipinski definition) is 2. The summed E-state index contributed by atoms with van der Waals surface area (Å²) in [5, 5.41) is 6.48. The van der Waals surface area contributed by atoms with Crippen LogP contribution in [-0.2, 0) is 23.8 Å². The van der Waals surface area contributed by atoms with Crippen molar-refractivity contribution in [3.8, 4) is 11.5 Å². The van der Waals surface area contributed by atoms with E-state index in [9.17, 15) is 9.59 Å². The Balaban J connectivity index is 1.75. The zero-order valence-corrected chi connectivity index (χ0v) is 21.5. The molecule has 35 heavy (non-hydrogen) atoms. The zero-order chi connectivity index (χ0) is 25.5. The first-order valence-corrected chi connectivity index (χ1v) is 11.8. The second kappa shape index (κ2) is 12.2. The average molecular weight is 508 g/mol. The number of allylic oxidation sites excluding steroid dienone is 1. The topological polar surface area (TPSA) is 108 Å². The van der Waals surface area contributed by atoms with Gasteiger partial charge in [0.2, 0.25) is 0 Å². The summed E-state index contributed by atoms with van der Waals surface area (Å²) in [6.07, 6.45) is -0.0426. The molecule has 1 aromatic rings. The summed E-state index contributed by atoms with van der Waals surface area (Å²) in [6, 6.07) is 4.70. The molecule has 0 radical (unpaired) electrons. The van der Waals surface area contributed by atoms with Crippen LogP contribution in [0, 0.1) is 0 Å². The Morgan fingerprint density at radius 3 is 2.51 bits per heavy atom. The minimum atomic E-state index is -0.556. The Morgan fingerprint density at radius 1 is 1.14 bits per heavy atom. The number of hydrogen-bond acceptors (Lipinski definition) is 8. The van der Waals surface area contributed by atoms with E-state index in [4.69, 9.17) is 35.9 Å². The van der Waals surface area contributed by atoms with E-state index in [-0.39, 0.29) is 31.3 Å². The Labute approximate surface area is 210 Å². The molecule has 3 atom stereocenters. The number of nitrogens with zero attached hydrogens (tertiary/aromatic N) is 1. The lowest BCUT2D eigenvalue weighted by atomic mass is 9.95. The van der Waals surface area contributed by atoms with Crippen molar-refractivity contribution in [1.82, 2.24) is 15.5 Å². The van der Waals surface area contributed by atoms with Crippen LogP contribution in [0.5, 0.6) is 11.5 Å². The Hall–Kier alpha value is -2.89. The molecule has 192 valence electrons. The average Bonchev–Trinajstić information content (AvgIpc) is 2.81. The highest BCUT2D eigenvalue weighted by Gasteiger charge is 2.32. The minimum absolute atomic E-state index is 0.0213. The van der Waals surface area contributed by atoms with Crippen LogP contribution < -0.4 is 20.1 Å². The highest BCUT2D eigenvalue weighted by atomic mass is 32.1. The predicted molar refractivity (Wildman–Crippen MR) is 132 cm³/mol. The Morgan fingerprint density at radius 2 is 1.86 bits per heavy atom. The lowest BCUT2D eigenvalue weighted by molar-refractivity contribution is -0.145. The molecule has 1 amide bonds. The first-order chi connectivity index (χ1) is 16.7. The number of rotatable bonds is 9. The third kappa shape index (κ3) is 6.83. The third-order valence-electron chi connectivity index (χ3n) is 5.65. The summed E-state index contributed by atoms with van der Waals surface area (Å²) in [5.74, 6) is 0.240. The van der Waals surface area contributed by atoms with Gasteiger partial charge in [-0.1, -0.05) is 6.07 Å². The van der Waals surface area contributed by atoms with Gasteiger partial charge >= 0.3 is 5.97 Å². The Kier molecular flexibility index (Phi) is 9.30. The van der Waals surface area contributed by atoms with Crippen LogP contribution in [0.15, 0.2) is 29.5 Å². The van der Waals surface area contributed by atoms with Gasteiger partial charge in [-0.3, -0.25) is 4.79 Å². The fraction of sp³-hybridized carbons (Fsp3) is 0.542. The van der Waals surface area contributed by atoms with Crippen LogP contribution in [0.3, 0.4) is 0 Å². The van der Waals surface area contributed by atoms with Gasteiger partial charge in [0.05, 0.1) is 37.5 Å². The fourth-order valence-electron chi connectivity index (χ4n) is 4.11. The summed E-state index contributed by atoms with van der Waals surface area (Å²) in [5.41, 5.74) is 1.72. The fourth-order valence-corrected chi connectivity index (χ4v) is 4.38. The molecule has 1 saturated heterocycles. The SMILES string of the molecule is COCCOC(=O)C1=C(C)NC(=S)N[C@@H]1c1ccc(OCC(=O)N2C[C@@H](C)O[C@H](C)C2)c(OC)c1. The van der Waals surface area contributed by atoms with Gasteiger partial charge in [-0.05, 0) is 50.7 Å². The summed E-state index contributed by atoms with van der Waals surface area (Å²) in [4.78, 5) is 27.2. The molecule has 0 saturated carbocycles. The standard InChI is InChI=1S/C24H33N3O7S/c1-14-11-27(12-15(2)34-14)20(28)13-33-18-7-6-17(10-19(18)31-5)22-21(16(3)25-24(35)26-22)23(29)32-9-8-30-4/h6-7,10,14-15,22H,8-9,11-13H2,1-5H3,(H2,25,26,35)/t14-,15-,22-/m1/s1. The number of benzene rings is 1. The predicted octanol–water partition coefficient (Wildman–Crippen LogP) is 1.69. The maximum atomic E-state index is 12.8. The second-order valence-electron chi connectivity index (χ2n) is 8.45. The normalized spacial score (nSPS) is 22.3. The van der Waals surface area contributed by atoms with Gasteiger partial charge < -0.3 is 39.2 Å². The Bertz CT molecular complexity index is 974. The molecule has 2 aliphatic heterocycles. The number of thiocarbonyl (C=S) groups is 1. The lowest BCUT2D eigenvalue weighted by Crippen LogP contribution is -2.49. The van der Waals surface area contributed by atoms with Crippen molar-refractivity contribution in [1.29, 1.82) is 0 Å². The number of ether oxygens (including phenoxy) is 5. The van der Waals surface area contributed by atoms with E-state index in [1.807, 2.05) is 13.8 Å². The largest absolute Gasteiger partial charge is 0.493 e. The molecular weight excluding hydrogens is 474 g/mol. The molecular formula is C24H33N3O7S. The van der Waals surface area contributed by atoms with E-state index in [1.54, 1.807) is 30.0 Å². The van der Waals surface area contributed by atoms with E-state index in [0.717, 1.165) is 5.56 Å². The number of methoxy groups -OCH3 is 2. The van der Waals surface area contributed by atoms with Crippen molar-refractivity contribution in [2.45, 2.75) is 39.0 Å². The summed E-state index contributed by atoms with van der Waals surface area (Å²) < 4.78 is 27.3. The van der Waals surface area contributed by atoms with E-state index in [0.29, 0.717) is 47.6 Å². The lowest BCUT2D eigenvalue weighted by Gasteiger charge is -2.35. The number of nitrogens with one attached hydrogen (secondary N) is 2. The van der Waals surface area contributed by atoms with Gasteiger partial charge in [0, 0.05) is 25.9 Å². The molecule has 11 heteroatoms. The smallest absolute Gasteiger partial charge is 0.338 e. The molecule has 2 heterocycles. The molecule has 2 aliphatic rings. The van der Waals surface area contributed by atoms with Crippen molar-refractivity contribution < 1.29 is 33.3 Å². The molecule has 2 N–H and O–H groups in total. The zero-order valence-electron chi connectivity index (χ0n) is 20.7. The van der Waals surface area contributed by atoms with E-state index in [2.05, 4.69) is 10.6 Å². The molecule has 3 rings (SSSR count). The third-order valence-corrected chi connectivity index (χ3v) is 5.87. The first kappa shape index (κ1) is 26.7. The number of amides is 1. The van der Waals surface area contributed by atoms with Crippen LogP contribution in [0.2, 0.25) is 0 Å². The quantitative estimate of drug-likeness (QED) is 0.291. The van der Waals surface area contributed by atoms with Crippen molar-refractivity contribution in [3.05, 3.63) is 35.0 Å². The molecule has 10 nitrogen and oxygen atoms in total. The van der Waals surface area contributed by atoms with E-state index >= 15 is 0 Å². The number of esters is 1. The van der Waals surface area contributed by atoms with Gasteiger partial charge in [0.15, 0.2) is 23.2 Å². The monoisotopic (exact) mass is 507 g/mol. The summed E-state index contributed by atoms with van der Waals surface area (Å²) >= 11 is 5.31. The van der Waals surface area contributed by atoms with Crippen LogP contribution in [0.4, 0.5) is 0 Å². The van der Waals surface area contributed by atoms with E-state index in [1.165, 1.54) is 14.2 Å².